The minimum Gasteiger partial charge on any atom is -0.478 e. The first-order valence-corrected chi connectivity index (χ1v) is 5.73. The summed E-state index contributed by atoms with van der Waals surface area (Å²) in [5, 5.41) is 8.83. The number of carboxylic acid groups (broad SMARTS) is 1. The zero-order valence-corrected chi connectivity index (χ0v) is 10.1. The number of hydrogen-bond donors (Lipinski definition) is 2. The Labute approximate surface area is 106 Å². The van der Waals surface area contributed by atoms with Crippen molar-refractivity contribution < 1.29 is 9.90 Å². The fraction of sp³-hybridized carbons (Fsp3) is 0.133. The Hall–Kier alpha value is -2.13. The molecule has 3 N–H and O–H groups in total. The largest absolute Gasteiger partial charge is 0.478 e. The minimum atomic E-state index is -0.926. The van der Waals surface area contributed by atoms with Gasteiger partial charge in [0.25, 0.3) is 0 Å². The zero-order chi connectivity index (χ0) is 13.1. The molecule has 0 aliphatic rings. The molecule has 1 atom stereocenters. The van der Waals surface area contributed by atoms with Crippen LogP contribution in [0, 0.1) is 6.92 Å². The van der Waals surface area contributed by atoms with Crippen molar-refractivity contribution in [3.63, 3.8) is 0 Å². The van der Waals surface area contributed by atoms with Crippen molar-refractivity contribution in [3.8, 4) is 0 Å². The highest BCUT2D eigenvalue weighted by Gasteiger charge is 2.09. The molecule has 0 aromatic heterocycles. The summed E-state index contributed by atoms with van der Waals surface area (Å²) in [7, 11) is 0. The van der Waals surface area contributed by atoms with E-state index in [1.807, 2.05) is 31.2 Å². The van der Waals surface area contributed by atoms with Crippen LogP contribution < -0.4 is 5.73 Å². The average molecular weight is 241 g/mol. The van der Waals surface area contributed by atoms with Gasteiger partial charge in [0.15, 0.2) is 0 Å². The fourth-order valence-corrected chi connectivity index (χ4v) is 1.80. The molecule has 3 heteroatoms. The zero-order valence-electron chi connectivity index (χ0n) is 10.1. The third-order valence-corrected chi connectivity index (χ3v) is 2.95. The van der Waals surface area contributed by atoms with Gasteiger partial charge >= 0.3 is 5.97 Å². The monoisotopic (exact) mass is 241 g/mol. The van der Waals surface area contributed by atoms with E-state index in [9.17, 15) is 4.79 Å². The van der Waals surface area contributed by atoms with E-state index >= 15 is 0 Å². The molecule has 0 spiro atoms. The van der Waals surface area contributed by atoms with Crippen molar-refractivity contribution in [1.29, 1.82) is 0 Å². The van der Waals surface area contributed by atoms with E-state index in [-0.39, 0.29) is 11.6 Å². The summed E-state index contributed by atoms with van der Waals surface area (Å²) in [6, 6.07) is 14.4. The highest BCUT2D eigenvalue weighted by Crippen LogP contribution is 2.20. The van der Waals surface area contributed by atoms with Crippen molar-refractivity contribution in [2.45, 2.75) is 13.0 Å². The number of hydrogen-bond acceptors (Lipinski definition) is 2. The first-order chi connectivity index (χ1) is 8.58. The summed E-state index contributed by atoms with van der Waals surface area (Å²) in [4.78, 5) is 10.8. The molecule has 0 saturated heterocycles. The van der Waals surface area contributed by atoms with Crippen molar-refractivity contribution >= 4 is 5.97 Å². The quantitative estimate of drug-likeness (QED) is 0.868. The summed E-state index contributed by atoms with van der Waals surface area (Å²) < 4.78 is 0. The highest BCUT2D eigenvalue weighted by molar-refractivity contribution is 5.87. The molecule has 0 saturated carbocycles. The van der Waals surface area contributed by atoms with Crippen LogP contribution in [0.1, 0.15) is 33.1 Å². The third-order valence-electron chi connectivity index (χ3n) is 2.95. The Bertz CT molecular complexity index is 544. The second kappa shape index (κ2) is 5.02. The Morgan fingerprint density at radius 3 is 1.89 bits per heavy atom. The van der Waals surface area contributed by atoms with Crippen LogP contribution in [0.3, 0.4) is 0 Å². The molecule has 2 aromatic rings. The third kappa shape index (κ3) is 2.57. The first-order valence-electron chi connectivity index (χ1n) is 5.73. The van der Waals surface area contributed by atoms with E-state index in [1.165, 1.54) is 5.56 Å². The van der Waals surface area contributed by atoms with Crippen LogP contribution >= 0.6 is 0 Å². The van der Waals surface area contributed by atoms with Gasteiger partial charge in [0, 0.05) is 0 Å². The summed E-state index contributed by atoms with van der Waals surface area (Å²) in [5.74, 6) is -0.926. The van der Waals surface area contributed by atoms with E-state index in [0.717, 1.165) is 11.1 Å². The molecular formula is C15H15NO2. The molecule has 18 heavy (non-hydrogen) atoms. The Kier molecular flexibility index (Phi) is 3.44. The van der Waals surface area contributed by atoms with E-state index < -0.39 is 5.97 Å². The van der Waals surface area contributed by atoms with Crippen molar-refractivity contribution in [2.75, 3.05) is 0 Å². The van der Waals surface area contributed by atoms with Gasteiger partial charge in [0.2, 0.25) is 0 Å². The maximum absolute atomic E-state index is 10.8. The highest BCUT2D eigenvalue weighted by atomic mass is 16.4. The van der Waals surface area contributed by atoms with E-state index in [2.05, 4.69) is 0 Å². The molecule has 0 amide bonds. The Balaban J connectivity index is 2.25. The van der Waals surface area contributed by atoms with Crippen LogP contribution in [0.5, 0.6) is 0 Å². The van der Waals surface area contributed by atoms with Crippen LogP contribution in [0.25, 0.3) is 0 Å². The lowest BCUT2D eigenvalue weighted by Crippen LogP contribution is -2.12. The van der Waals surface area contributed by atoms with Gasteiger partial charge in [-0.2, -0.15) is 0 Å². The van der Waals surface area contributed by atoms with Gasteiger partial charge in [-0.15, -0.1) is 0 Å². The van der Waals surface area contributed by atoms with Crippen molar-refractivity contribution in [1.82, 2.24) is 0 Å². The van der Waals surface area contributed by atoms with Gasteiger partial charge in [-0.1, -0.05) is 42.0 Å². The van der Waals surface area contributed by atoms with Crippen LogP contribution in [0.2, 0.25) is 0 Å². The molecule has 2 aromatic carbocycles. The molecule has 1 unspecified atom stereocenters. The van der Waals surface area contributed by atoms with Crippen LogP contribution in [0.4, 0.5) is 0 Å². The topological polar surface area (TPSA) is 63.3 Å². The number of benzene rings is 2. The van der Waals surface area contributed by atoms with E-state index in [4.69, 9.17) is 10.8 Å². The fourth-order valence-electron chi connectivity index (χ4n) is 1.80. The number of carbonyl (C=O) groups is 1. The van der Waals surface area contributed by atoms with Crippen LogP contribution in [-0.2, 0) is 0 Å². The van der Waals surface area contributed by atoms with E-state index in [0.29, 0.717) is 0 Å². The van der Waals surface area contributed by atoms with Crippen LogP contribution in [-0.4, -0.2) is 11.1 Å². The lowest BCUT2D eigenvalue weighted by molar-refractivity contribution is 0.0697. The molecule has 92 valence electrons. The molecule has 0 radical (unpaired) electrons. The normalized spacial score (nSPS) is 12.1. The van der Waals surface area contributed by atoms with Gasteiger partial charge < -0.3 is 10.8 Å². The maximum Gasteiger partial charge on any atom is 0.335 e. The van der Waals surface area contributed by atoms with Crippen LogP contribution in [0.15, 0.2) is 48.5 Å². The standard InChI is InChI=1S/C15H15NO2/c1-10-2-4-11(5-3-10)14(16)12-6-8-13(9-7-12)15(17)18/h2-9,14H,16H2,1H3,(H,17,18). The predicted octanol–water partition coefficient (Wildman–Crippen LogP) is 2.74. The summed E-state index contributed by atoms with van der Waals surface area (Å²) in [6.07, 6.45) is 0. The Morgan fingerprint density at radius 1 is 1.00 bits per heavy atom. The molecule has 0 heterocycles. The Morgan fingerprint density at radius 2 is 1.44 bits per heavy atom. The summed E-state index contributed by atoms with van der Waals surface area (Å²) >= 11 is 0. The number of nitrogens with two attached hydrogens (primary N) is 1. The SMILES string of the molecule is Cc1ccc(C(N)c2ccc(C(=O)O)cc2)cc1. The molecule has 0 aliphatic heterocycles. The van der Waals surface area contributed by atoms with Gasteiger partial charge in [0.1, 0.15) is 0 Å². The minimum absolute atomic E-state index is 0.228. The van der Waals surface area contributed by atoms with Gasteiger partial charge in [0.05, 0.1) is 11.6 Å². The number of aryl methyl sites for hydroxylation is 1. The maximum atomic E-state index is 10.8. The molecule has 0 fully saturated rings. The summed E-state index contributed by atoms with van der Waals surface area (Å²) in [6.45, 7) is 2.02. The predicted molar refractivity (Wildman–Crippen MR) is 70.6 cm³/mol. The average Bonchev–Trinajstić information content (AvgIpc) is 2.39. The van der Waals surface area contributed by atoms with E-state index in [1.54, 1.807) is 24.3 Å². The number of rotatable bonds is 3. The molecule has 0 bridgehead atoms. The smallest absolute Gasteiger partial charge is 0.335 e. The lowest BCUT2D eigenvalue weighted by atomic mass is 9.98. The molecule has 3 nitrogen and oxygen atoms in total. The summed E-state index contributed by atoms with van der Waals surface area (Å²) in [5.41, 5.74) is 9.53. The van der Waals surface area contributed by atoms with Gasteiger partial charge in [-0.3, -0.25) is 0 Å². The van der Waals surface area contributed by atoms with Gasteiger partial charge in [-0.05, 0) is 30.2 Å². The second-order valence-corrected chi connectivity index (χ2v) is 4.32. The van der Waals surface area contributed by atoms with Crippen molar-refractivity contribution in [3.05, 3.63) is 70.8 Å². The second-order valence-electron chi connectivity index (χ2n) is 4.32. The number of aromatic carboxylic acids is 1. The van der Waals surface area contributed by atoms with Gasteiger partial charge in [-0.25, -0.2) is 4.79 Å². The number of carboxylic acids is 1. The molecule has 2 rings (SSSR count). The first kappa shape index (κ1) is 12.3. The van der Waals surface area contributed by atoms with Crippen molar-refractivity contribution in [2.24, 2.45) is 5.73 Å². The lowest BCUT2D eigenvalue weighted by Gasteiger charge is -2.13. The molecule has 0 aliphatic carbocycles. The molecular weight excluding hydrogens is 226 g/mol.